The van der Waals surface area contributed by atoms with E-state index in [1.54, 1.807) is 34.6 Å². The molecule has 0 spiro atoms. The van der Waals surface area contributed by atoms with E-state index in [1.165, 1.54) is 0 Å². The number of hydrogen-bond donors (Lipinski definition) is 2. The number of nitrogens with one attached hydrogen (secondary N) is 1. The molecule has 0 aromatic heterocycles. The van der Waals surface area contributed by atoms with Crippen LogP contribution in [0.3, 0.4) is 0 Å². The molecular formula is C9H19NO4. The summed E-state index contributed by atoms with van der Waals surface area (Å²) >= 11 is 0. The lowest BCUT2D eigenvalue weighted by Crippen LogP contribution is -2.42. The van der Waals surface area contributed by atoms with Crippen molar-refractivity contribution in [3.8, 4) is 0 Å². The van der Waals surface area contributed by atoms with Crippen LogP contribution in [-0.4, -0.2) is 29.3 Å². The van der Waals surface area contributed by atoms with Crippen molar-refractivity contribution < 1.29 is 19.4 Å². The van der Waals surface area contributed by atoms with Gasteiger partial charge in [0, 0.05) is 0 Å². The molecule has 5 heteroatoms. The molecule has 0 heterocycles. The van der Waals surface area contributed by atoms with Crippen LogP contribution in [0.4, 0.5) is 4.79 Å². The molecule has 0 rings (SSSR count). The average Bonchev–Trinajstić information content (AvgIpc) is 1.77. The minimum atomic E-state index is -1.35. The fourth-order valence-electron chi connectivity index (χ4n) is 0.713. The van der Waals surface area contributed by atoms with Gasteiger partial charge in [0.25, 0.3) is 0 Å². The van der Waals surface area contributed by atoms with Crippen molar-refractivity contribution in [3.63, 3.8) is 0 Å². The minimum Gasteiger partial charge on any atom is -0.447 e. The van der Waals surface area contributed by atoms with Crippen LogP contribution < -0.4 is 5.32 Å². The van der Waals surface area contributed by atoms with E-state index in [0.717, 1.165) is 0 Å². The Hall–Kier alpha value is -0.810. The van der Waals surface area contributed by atoms with Gasteiger partial charge in [-0.3, -0.25) is 5.32 Å². The van der Waals surface area contributed by atoms with Gasteiger partial charge in [-0.05, 0) is 34.6 Å². The fourth-order valence-corrected chi connectivity index (χ4v) is 0.713. The number of rotatable bonds is 3. The van der Waals surface area contributed by atoms with Crippen molar-refractivity contribution in [1.82, 2.24) is 5.32 Å². The standard InChI is InChI=1S/C9H19NO4/c1-6(2)13-7(11)10-8(12)14-9(3,4)5/h6,8,12H,1-5H3,(H,10,11). The van der Waals surface area contributed by atoms with Crippen molar-refractivity contribution in [1.29, 1.82) is 0 Å². The number of alkyl carbamates (subject to hydrolysis) is 1. The topological polar surface area (TPSA) is 67.8 Å². The van der Waals surface area contributed by atoms with Crippen molar-refractivity contribution in [2.75, 3.05) is 0 Å². The first-order valence-corrected chi connectivity index (χ1v) is 4.54. The van der Waals surface area contributed by atoms with Gasteiger partial charge in [0.2, 0.25) is 6.41 Å². The maximum Gasteiger partial charge on any atom is 0.411 e. The summed E-state index contributed by atoms with van der Waals surface area (Å²) in [5, 5.41) is 11.4. The van der Waals surface area contributed by atoms with Crippen LogP contribution in [0, 0.1) is 0 Å². The molecule has 0 radical (unpaired) electrons. The predicted molar refractivity (Wildman–Crippen MR) is 51.6 cm³/mol. The highest BCUT2D eigenvalue weighted by molar-refractivity contribution is 5.67. The Morgan fingerprint density at radius 1 is 1.36 bits per heavy atom. The third-order valence-corrected chi connectivity index (χ3v) is 1.05. The Labute approximate surface area is 84.4 Å². The van der Waals surface area contributed by atoms with Crippen molar-refractivity contribution >= 4 is 6.09 Å². The zero-order valence-electron chi connectivity index (χ0n) is 9.33. The minimum absolute atomic E-state index is 0.225. The van der Waals surface area contributed by atoms with Crippen LogP contribution in [0.2, 0.25) is 0 Å². The fraction of sp³-hybridized carbons (Fsp3) is 0.889. The van der Waals surface area contributed by atoms with E-state index in [4.69, 9.17) is 9.47 Å². The second-order valence-corrected chi connectivity index (χ2v) is 4.18. The molecule has 2 N–H and O–H groups in total. The number of hydrogen-bond acceptors (Lipinski definition) is 4. The van der Waals surface area contributed by atoms with Crippen LogP contribution in [0.25, 0.3) is 0 Å². The number of amides is 1. The summed E-state index contributed by atoms with van der Waals surface area (Å²) in [6, 6.07) is 0. The molecule has 0 bridgehead atoms. The Morgan fingerprint density at radius 2 is 1.86 bits per heavy atom. The molecule has 0 saturated carbocycles. The monoisotopic (exact) mass is 205 g/mol. The summed E-state index contributed by atoms with van der Waals surface area (Å²) in [6.07, 6.45) is -2.27. The highest BCUT2D eigenvalue weighted by Crippen LogP contribution is 2.08. The molecule has 0 fully saturated rings. The zero-order chi connectivity index (χ0) is 11.4. The highest BCUT2D eigenvalue weighted by atomic mass is 16.6. The lowest BCUT2D eigenvalue weighted by Gasteiger charge is -2.24. The van der Waals surface area contributed by atoms with Gasteiger partial charge in [0.05, 0.1) is 11.7 Å². The first-order chi connectivity index (χ1) is 6.20. The third kappa shape index (κ3) is 7.82. The number of aliphatic hydroxyl groups is 1. The first-order valence-electron chi connectivity index (χ1n) is 4.54. The molecule has 14 heavy (non-hydrogen) atoms. The van der Waals surface area contributed by atoms with Crippen LogP contribution in [0.5, 0.6) is 0 Å². The van der Waals surface area contributed by atoms with Crippen LogP contribution in [-0.2, 0) is 9.47 Å². The molecule has 0 aliphatic carbocycles. The van der Waals surface area contributed by atoms with E-state index < -0.39 is 18.1 Å². The molecule has 0 saturated heterocycles. The van der Waals surface area contributed by atoms with Crippen molar-refractivity contribution in [2.24, 2.45) is 0 Å². The molecule has 5 nitrogen and oxygen atoms in total. The maximum absolute atomic E-state index is 11.0. The summed E-state index contributed by atoms with van der Waals surface area (Å²) in [7, 11) is 0. The van der Waals surface area contributed by atoms with E-state index in [9.17, 15) is 9.90 Å². The summed E-state index contributed by atoms with van der Waals surface area (Å²) in [4.78, 5) is 11.0. The zero-order valence-corrected chi connectivity index (χ0v) is 9.33. The molecule has 0 aliphatic rings. The van der Waals surface area contributed by atoms with E-state index >= 15 is 0 Å². The third-order valence-electron chi connectivity index (χ3n) is 1.05. The quantitative estimate of drug-likeness (QED) is 0.679. The van der Waals surface area contributed by atoms with Crippen LogP contribution in [0.1, 0.15) is 34.6 Å². The van der Waals surface area contributed by atoms with Gasteiger partial charge < -0.3 is 14.6 Å². The van der Waals surface area contributed by atoms with E-state index in [1.807, 2.05) is 0 Å². The van der Waals surface area contributed by atoms with Gasteiger partial charge in [0.1, 0.15) is 0 Å². The Morgan fingerprint density at radius 3 is 2.21 bits per heavy atom. The Bertz CT molecular complexity index is 186. The molecule has 1 unspecified atom stereocenters. The summed E-state index contributed by atoms with van der Waals surface area (Å²) in [6.45, 7) is 8.75. The van der Waals surface area contributed by atoms with Crippen molar-refractivity contribution in [3.05, 3.63) is 0 Å². The molecule has 0 aromatic rings. The molecule has 1 amide bonds. The number of ether oxygens (including phenoxy) is 2. The van der Waals surface area contributed by atoms with Gasteiger partial charge in [-0.1, -0.05) is 0 Å². The van der Waals surface area contributed by atoms with Gasteiger partial charge in [-0.25, -0.2) is 4.79 Å². The van der Waals surface area contributed by atoms with Gasteiger partial charge >= 0.3 is 6.09 Å². The molecule has 84 valence electrons. The SMILES string of the molecule is CC(C)OC(=O)NC(O)OC(C)(C)C. The number of carbonyl (C=O) groups is 1. The van der Waals surface area contributed by atoms with Crippen molar-refractivity contribution in [2.45, 2.75) is 52.7 Å². The van der Waals surface area contributed by atoms with Crippen LogP contribution in [0.15, 0.2) is 0 Å². The summed E-state index contributed by atoms with van der Waals surface area (Å²) in [5.74, 6) is 0. The normalized spacial score (nSPS) is 13.9. The molecule has 1 atom stereocenters. The van der Waals surface area contributed by atoms with Gasteiger partial charge in [-0.15, -0.1) is 0 Å². The van der Waals surface area contributed by atoms with E-state index in [0.29, 0.717) is 0 Å². The molecular weight excluding hydrogens is 186 g/mol. The second-order valence-electron chi connectivity index (χ2n) is 4.18. The summed E-state index contributed by atoms with van der Waals surface area (Å²) in [5.41, 5.74) is -0.523. The first kappa shape index (κ1) is 13.2. The second kappa shape index (κ2) is 5.17. The number of carbonyl (C=O) groups excluding carboxylic acids is 1. The molecule has 0 aromatic carbocycles. The Balaban J connectivity index is 3.83. The number of aliphatic hydroxyl groups excluding tert-OH is 1. The smallest absolute Gasteiger partial charge is 0.411 e. The molecule has 0 aliphatic heterocycles. The van der Waals surface area contributed by atoms with Gasteiger partial charge in [-0.2, -0.15) is 0 Å². The maximum atomic E-state index is 11.0. The highest BCUT2D eigenvalue weighted by Gasteiger charge is 2.18. The Kier molecular flexibility index (Phi) is 4.87. The van der Waals surface area contributed by atoms with E-state index in [-0.39, 0.29) is 6.10 Å². The predicted octanol–water partition coefficient (Wildman–Crippen LogP) is 1.21. The summed E-state index contributed by atoms with van der Waals surface area (Å²) < 4.78 is 9.78. The van der Waals surface area contributed by atoms with Crippen LogP contribution >= 0.6 is 0 Å². The van der Waals surface area contributed by atoms with E-state index in [2.05, 4.69) is 5.32 Å². The lowest BCUT2D eigenvalue weighted by atomic mass is 10.2. The van der Waals surface area contributed by atoms with Gasteiger partial charge in [0.15, 0.2) is 0 Å². The lowest BCUT2D eigenvalue weighted by molar-refractivity contribution is -0.177. The average molecular weight is 205 g/mol. The largest absolute Gasteiger partial charge is 0.447 e.